The maximum absolute atomic E-state index is 13.1. The minimum absolute atomic E-state index is 0.0225. The number of halogens is 1. The molecule has 0 unspecified atom stereocenters. The summed E-state index contributed by atoms with van der Waals surface area (Å²) in [6.07, 6.45) is 1.78. The SMILES string of the molecule is CC(C)[C@@H](NC(=O)c1cccc(O)c1)C(=O)N1CCC(c2ccc(Cl)cc2)CC1. The van der Waals surface area contributed by atoms with Gasteiger partial charge in [0, 0.05) is 23.7 Å². The summed E-state index contributed by atoms with van der Waals surface area (Å²) >= 11 is 5.97. The van der Waals surface area contributed by atoms with Crippen LogP contribution in [0.5, 0.6) is 5.75 Å². The van der Waals surface area contributed by atoms with E-state index in [4.69, 9.17) is 11.6 Å². The molecule has 1 aliphatic rings. The van der Waals surface area contributed by atoms with Gasteiger partial charge in [0.2, 0.25) is 5.91 Å². The Morgan fingerprint density at radius 3 is 2.34 bits per heavy atom. The smallest absolute Gasteiger partial charge is 0.252 e. The summed E-state index contributed by atoms with van der Waals surface area (Å²) in [7, 11) is 0. The Labute approximate surface area is 176 Å². The van der Waals surface area contributed by atoms with Gasteiger partial charge in [0.25, 0.3) is 5.91 Å². The van der Waals surface area contributed by atoms with Crippen LogP contribution in [0, 0.1) is 5.92 Å². The van der Waals surface area contributed by atoms with Crippen LogP contribution < -0.4 is 5.32 Å². The van der Waals surface area contributed by atoms with Gasteiger partial charge in [0.15, 0.2) is 0 Å². The van der Waals surface area contributed by atoms with E-state index in [1.165, 1.54) is 17.7 Å². The van der Waals surface area contributed by atoms with Gasteiger partial charge in [-0.3, -0.25) is 9.59 Å². The zero-order valence-electron chi connectivity index (χ0n) is 16.8. The number of piperidine rings is 1. The molecule has 0 aromatic heterocycles. The highest BCUT2D eigenvalue weighted by Crippen LogP contribution is 2.29. The van der Waals surface area contributed by atoms with Crippen molar-refractivity contribution in [2.45, 2.75) is 38.6 Å². The van der Waals surface area contributed by atoms with Crippen LogP contribution >= 0.6 is 11.6 Å². The monoisotopic (exact) mass is 414 g/mol. The van der Waals surface area contributed by atoms with E-state index < -0.39 is 6.04 Å². The third-order valence-electron chi connectivity index (χ3n) is 5.48. The average Bonchev–Trinajstić information content (AvgIpc) is 2.72. The van der Waals surface area contributed by atoms with Crippen LogP contribution in [0.3, 0.4) is 0 Å². The Morgan fingerprint density at radius 2 is 1.76 bits per heavy atom. The Balaban J connectivity index is 1.62. The summed E-state index contributed by atoms with van der Waals surface area (Å²) in [6.45, 7) is 5.17. The van der Waals surface area contributed by atoms with Gasteiger partial charge in [0.05, 0.1) is 0 Å². The van der Waals surface area contributed by atoms with Crippen molar-refractivity contribution in [2.24, 2.45) is 5.92 Å². The summed E-state index contributed by atoms with van der Waals surface area (Å²) in [6, 6.07) is 13.4. The van der Waals surface area contributed by atoms with Crippen molar-refractivity contribution in [3.63, 3.8) is 0 Å². The molecular formula is C23H27ClN2O3. The molecule has 0 saturated carbocycles. The highest BCUT2D eigenvalue weighted by atomic mass is 35.5. The molecule has 1 aliphatic heterocycles. The van der Waals surface area contributed by atoms with Gasteiger partial charge in [-0.2, -0.15) is 0 Å². The normalized spacial score (nSPS) is 15.9. The summed E-state index contributed by atoms with van der Waals surface area (Å²) in [5.74, 6) is -0.0187. The molecule has 6 heteroatoms. The number of phenolic OH excluding ortho intramolecular Hbond substituents is 1. The first-order valence-electron chi connectivity index (χ1n) is 9.99. The first kappa shape index (κ1) is 21.2. The standard InChI is InChI=1S/C23H27ClN2O3/c1-15(2)21(25-22(28)18-4-3-5-20(27)14-18)23(29)26-12-10-17(11-13-26)16-6-8-19(24)9-7-16/h3-9,14-15,17,21,27H,10-13H2,1-2H3,(H,25,28)/t21-/m1/s1. The highest BCUT2D eigenvalue weighted by molar-refractivity contribution is 6.30. The number of nitrogens with one attached hydrogen (secondary N) is 1. The number of likely N-dealkylation sites (tertiary alicyclic amines) is 1. The lowest BCUT2D eigenvalue weighted by Crippen LogP contribution is -2.52. The van der Waals surface area contributed by atoms with Crippen molar-refractivity contribution in [1.82, 2.24) is 10.2 Å². The third kappa shape index (κ3) is 5.30. The van der Waals surface area contributed by atoms with Crippen molar-refractivity contribution < 1.29 is 14.7 Å². The first-order valence-corrected chi connectivity index (χ1v) is 10.4. The zero-order chi connectivity index (χ0) is 21.0. The van der Waals surface area contributed by atoms with E-state index in [1.54, 1.807) is 12.1 Å². The van der Waals surface area contributed by atoms with Gasteiger partial charge >= 0.3 is 0 Å². The van der Waals surface area contributed by atoms with Gasteiger partial charge in [0.1, 0.15) is 11.8 Å². The lowest BCUT2D eigenvalue weighted by molar-refractivity contribution is -0.135. The van der Waals surface area contributed by atoms with Crippen LogP contribution in [0.1, 0.15) is 48.5 Å². The Kier molecular flexibility index (Phi) is 6.80. The van der Waals surface area contributed by atoms with Crippen LogP contribution in [0.15, 0.2) is 48.5 Å². The van der Waals surface area contributed by atoms with Crippen molar-refractivity contribution in [3.8, 4) is 5.75 Å². The number of carbonyl (C=O) groups is 2. The number of hydrogen-bond acceptors (Lipinski definition) is 3. The van der Waals surface area contributed by atoms with Gasteiger partial charge in [-0.05, 0) is 60.6 Å². The Bertz CT molecular complexity index is 859. The van der Waals surface area contributed by atoms with Crippen LogP contribution in [0.4, 0.5) is 0 Å². The number of rotatable bonds is 5. The van der Waals surface area contributed by atoms with E-state index >= 15 is 0 Å². The summed E-state index contributed by atoms with van der Waals surface area (Å²) < 4.78 is 0. The first-order chi connectivity index (χ1) is 13.8. The minimum Gasteiger partial charge on any atom is -0.508 e. The molecule has 1 fully saturated rings. The minimum atomic E-state index is -0.600. The Morgan fingerprint density at radius 1 is 1.10 bits per heavy atom. The summed E-state index contributed by atoms with van der Waals surface area (Å²) in [4.78, 5) is 27.5. The van der Waals surface area contributed by atoms with Crippen LogP contribution in [-0.2, 0) is 4.79 Å². The molecule has 1 heterocycles. The molecule has 2 aromatic carbocycles. The molecular weight excluding hydrogens is 388 g/mol. The number of carbonyl (C=O) groups excluding carboxylic acids is 2. The number of benzene rings is 2. The molecule has 3 rings (SSSR count). The molecule has 154 valence electrons. The molecule has 0 radical (unpaired) electrons. The number of aromatic hydroxyl groups is 1. The largest absolute Gasteiger partial charge is 0.508 e. The number of hydrogen-bond donors (Lipinski definition) is 2. The van der Waals surface area contributed by atoms with Gasteiger partial charge < -0.3 is 15.3 Å². The maximum Gasteiger partial charge on any atom is 0.252 e. The molecule has 29 heavy (non-hydrogen) atoms. The van der Waals surface area contributed by atoms with Crippen LogP contribution in [-0.4, -0.2) is 41.0 Å². The lowest BCUT2D eigenvalue weighted by Gasteiger charge is -2.35. The summed E-state index contributed by atoms with van der Waals surface area (Å²) in [5.41, 5.74) is 1.59. The van der Waals surface area contributed by atoms with Crippen molar-refractivity contribution >= 4 is 23.4 Å². The molecule has 1 saturated heterocycles. The van der Waals surface area contributed by atoms with Crippen molar-refractivity contribution in [1.29, 1.82) is 0 Å². The fourth-order valence-electron chi connectivity index (χ4n) is 3.75. The average molecular weight is 415 g/mol. The second-order valence-electron chi connectivity index (χ2n) is 7.90. The van der Waals surface area contributed by atoms with Crippen LogP contribution in [0.25, 0.3) is 0 Å². The maximum atomic E-state index is 13.1. The van der Waals surface area contributed by atoms with Crippen molar-refractivity contribution in [2.75, 3.05) is 13.1 Å². The van der Waals surface area contributed by atoms with Gasteiger partial charge in [-0.1, -0.05) is 43.6 Å². The Hall–Kier alpha value is -2.53. The molecule has 0 spiro atoms. The van der Waals surface area contributed by atoms with E-state index in [1.807, 2.05) is 30.9 Å². The van der Waals surface area contributed by atoms with Crippen LogP contribution in [0.2, 0.25) is 5.02 Å². The number of amides is 2. The quantitative estimate of drug-likeness (QED) is 0.770. The topological polar surface area (TPSA) is 69.6 Å². The van der Waals surface area contributed by atoms with Crippen molar-refractivity contribution in [3.05, 3.63) is 64.7 Å². The van der Waals surface area contributed by atoms with Gasteiger partial charge in [-0.15, -0.1) is 0 Å². The van der Waals surface area contributed by atoms with E-state index in [0.717, 1.165) is 17.9 Å². The predicted molar refractivity (Wildman–Crippen MR) is 114 cm³/mol. The molecule has 0 aliphatic carbocycles. The zero-order valence-corrected chi connectivity index (χ0v) is 17.5. The third-order valence-corrected chi connectivity index (χ3v) is 5.73. The lowest BCUT2D eigenvalue weighted by atomic mass is 9.89. The van der Waals surface area contributed by atoms with E-state index in [-0.39, 0.29) is 23.5 Å². The molecule has 2 amide bonds. The van der Waals surface area contributed by atoms with E-state index in [2.05, 4.69) is 17.4 Å². The molecule has 5 nitrogen and oxygen atoms in total. The molecule has 2 aromatic rings. The van der Waals surface area contributed by atoms with Gasteiger partial charge in [-0.25, -0.2) is 0 Å². The fraction of sp³-hybridized carbons (Fsp3) is 0.391. The highest BCUT2D eigenvalue weighted by Gasteiger charge is 2.31. The summed E-state index contributed by atoms with van der Waals surface area (Å²) in [5, 5.41) is 13.2. The fourth-order valence-corrected chi connectivity index (χ4v) is 3.88. The number of phenols is 1. The molecule has 1 atom stereocenters. The van der Waals surface area contributed by atoms with E-state index in [0.29, 0.717) is 24.6 Å². The molecule has 0 bridgehead atoms. The number of nitrogens with zero attached hydrogens (tertiary/aromatic N) is 1. The van der Waals surface area contributed by atoms with E-state index in [9.17, 15) is 14.7 Å². The predicted octanol–water partition coefficient (Wildman–Crippen LogP) is 4.21. The second kappa shape index (κ2) is 9.31. The second-order valence-corrected chi connectivity index (χ2v) is 8.33. The molecule has 2 N–H and O–H groups in total.